The first-order valence-electron chi connectivity index (χ1n) is 8.70. The zero-order valence-corrected chi connectivity index (χ0v) is 14.9. The van der Waals surface area contributed by atoms with E-state index in [4.69, 9.17) is 17.3 Å². The van der Waals surface area contributed by atoms with Crippen LogP contribution in [0.5, 0.6) is 0 Å². The molecule has 0 aliphatic carbocycles. The van der Waals surface area contributed by atoms with Crippen molar-refractivity contribution in [1.82, 2.24) is 10.3 Å². The Morgan fingerprint density at radius 1 is 1.24 bits per heavy atom. The summed E-state index contributed by atoms with van der Waals surface area (Å²) < 4.78 is 14.2. The smallest absolute Gasteiger partial charge is 0.146 e. The molecule has 0 amide bonds. The summed E-state index contributed by atoms with van der Waals surface area (Å²) in [5.74, 6) is 1.57. The second kappa shape index (κ2) is 8.45. The van der Waals surface area contributed by atoms with E-state index in [9.17, 15) is 4.39 Å². The van der Waals surface area contributed by atoms with E-state index in [1.807, 2.05) is 12.3 Å². The number of rotatable bonds is 7. The molecule has 1 aliphatic heterocycles. The summed E-state index contributed by atoms with van der Waals surface area (Å²) >= 11 is 5.69. The van der Waals surface area contributed by atoms with Crippen molar-refractivity contribution in [3.63, 3.8) is 0 Å². The molecule has 0 saturated carbocycles. The summed E-state index contributed by atoms with van der Waals surface area (Å²) in [6, 6.07) is 5.05. The normalized spacial score (nSPS) is 15.3. The second-order valence-corrected chi connectivity index (χ2v) is 6.75. The molecule has 1 aliphatic rings. The van der Waals surface area contributed by atoms with Crippen LogP contribution in [0.25, 0.3) is 11.1 Å². The van der Waals surface area contributed by atoms with Gasteiger partial charge in [-0.2, -0.15) is 0 Å². The highest BCUT2D eigenvalue weighted by atomic mass is 35.5. The number of hydrogen-bond acceptors (Lipinski definition) is 4. The molecule has 25 heavy (non-hydrogen) atoms. The van der Waals surface area contributed by atoms with E-state index < -0.39 is 0 Å². The number of piperidine rings is 1. The Balaban J connectivity index is 1.73. The molecular formula is C18H25ClFN5. The van der Waals surface area contributed by atoms with Crippen molar-refractivity contribution in [2.75, 3.05) is 48.4 Å². The summed E-state index contributed by atoms with van der Waals surface area (Å²) in [6.07, 6.45) is 4.07. The second-order valence-electron chi connectivity index (χ2n) is 6.38. The zero-order chi connectivity index (χ0) is 17.6. The van der Waals surface area contributed by atoms with Crippen LogP contribution in [-0.4, -0.2) is 37.0 Å². The van der Waals surface area contributed by atoms with Crippen molar-refractivity contribution >= 4 is 28.8 Å². The molecule has 2 aromatic rings. The number of nitrogens with one attached hydrogen (secondary N) is 4. The minimum Gasteiger partial charge on any atom is -0.395 e. The first-order chi connectivity index (χ1) is 12.2. The minimum absolute atomic E-state index is 0.243. The van der Waals surface area contributed by atoms with Gasteiger partial charge in [0.05, 0.1) is 11.4 Å². The maximum atomic E-state index is 14.2. The molecule has 2 heterocycles. The van der Waals surface area contributed by atoms with E-state index in [1.165, 1.54) is 6.07 Å². The molecule has 3 rings (SSSR count). The van der Waals surface area contributed by atoms with Crippen LogP contribution in [0.2, 0.25) is 0 Å². The van der Waals surface area contributed by atoms with E-state index in [0.29, 0.717) is 29.7 Å². The molecule has 5 nitrogen and oxygen atoms in total. The molecule has 0 bridgehead atoms. The molecule has 0 radical (unpaired) electrons. The molecule has 1 fully saturated rings. The Kier molecular flexibility index (Phi) is 6.04. The fourth-order valence-electron chi connectivity index (χ4n) is 3.16. The molecular weight excluding hydrogens is 341 g/mol. The maximum Gasteiger partial charge on any atom is 0.146 e. The molecule has 7 heteroatoms. The number of hydrogen-bond donors (Lipinski definition) is 5. The van der Waals surface area contributed by atoms with Gasteiger partial charge < -0.3 is 26.7 Å². The standard InChI is InChI=1S/C18H25ClFN5/c19-5-8-23-18-17(21)14(11-25-18)13-1-2-15(20)16(9-13)24-10-12-3-6-22-7-4-12/h1-2,9,11-12,22-25H,3-8,10,21H2. The molecule has 1 aromatic heterocycles. The van der Waals surface area contributed by atoms with Crippen LogP contribution in [0.3, 0.4) is 0 Å². The van der Waals surface area contributed by atoms with E-state index in [-0.39, 0.29) is 5.82 Å². The van der Waals surface area contributed by atoms with E-state index >= 15 is 0 Å². The largest absolute Gasteiger partial charge is 0.395 e. The summed E-state index contributed by atoms with van der Waals surface area (Å²) in [7, 11) is 0. The quantitative estimate of drug-likeness (QED) is 0.487. The Morgan fingerprint density at radius 2 is 2.04 bits per heavy atom. The number of nitrogens with two attached hydrogens (primary N) is 1. The lowest BCUT2D eigenvalue weighted by Gasteiger charge is -2.23. The average molecular weight is 366 g/mol. The highest BCUT2D eigenvalue weighted by Gasteiger charge is 2.15. The first-order valence-corrected chi connectivity index (χ1v) is 9.23. The lowest BCUT2D eigenvalue weighted by molar-refractivity contribution is 0.389. The average Bonchev–Trinajstić information content (AvgIpc) is 3.01. The number of aromatic nitrogens is 1. The van der Waals surface area contributed by atoms with Gasteiger partial charge in [0.2, 0.25) is 0 Å². The Morgan fingerprint density at radius 3 is 2.80 bits per heavy atom. The van der Waals surface area contributed by atoms with Gasteiger partial charge in [-0.3, -0.25) is 0 Å². The number of H-pyrrole nitrogens is 1. The Bertz CT molecular complexity index is 697. The van der Waals surface area contributed by atoms with Gasteiger partial charge in [-0.25, -0.2) is 4.39 Å². The fraction of sp³-hybridized carbons (Fsp3) is 0.444. The molecule has 1 aromatic carbocycles. The van der Waals surface area contributed by atoms with Crippen molar-refractivity contribution in [3.05, 3.63) is 30.2 Å². The van der Waals surface area contributed by atoms with Crippen LogP contribution in [0, 0.1) is 11.7 Å². The molecule has 0 spiro atoms. The lowest BCUT2D eigenvalue weighted by Crippen LogP contribution is -2.31. The Hall–Kier alpha value is -1.92. The molecule has 0 unspecified atom stereocenters. The van der Waals surface area contributed by atoms with Gasteiger partial charge in [-0.05, 0) is 49.5 Å². The van der Waals surface area contributed by atoms with Gasteiger partial charge in [0.25, 0.3) is 0 Å². The van der Waals surface area contributed by atoms with Gasteiger partial charge in [0, 0.05) is 30.7 Å². The predicted molar refractivity (Wildman–Crippen MR) is 104 cm³/mol. The van der Waals surface area contributed by atoms with Gasteiger partial charge in [0.1, 0.15) is 11.6 Å². The van der Waals surface area contributed by atoms with Gasteiger partial charge in [0.15, 0.2) is 0 Å². The number of nitrogen functional groups attached to an aromatic ring is 1. The zero-order valence-electron chi connectivity index (χ0n) is 14.2. The summed E-state index contributed by atoms with van der Waals surface area (Å²) in [4.78, 5) is 3.11. The third-order valence-electron chi connectivity index (χ3n) is 4.63. The third-order valence-corrected chi connectivity index (χ3v) is 4.82. The van der Waals surface area contributed by atoms with Crippen LogP contribution in [0.1, 0.15) is 12.8 Å². The van der Waals surface area contributed by atoms with Crippen molar-refractivity contribution in [2.24, 2.45) is 5.92 Å². The van der Waals surface area contributed by atoms with Crippen LogP contribution in [-0.2, 0) is 0 Å². The number of benzene rings is 1. The molecule has 136 valence electrons. The maximum absolute atomic E-state index is 14.2. The molecule has 6 N–H and O–H groups in total. The highest BCUT2D eigenvalue weighted by molar-refractivity contribution is 6.18. The predicted octanol–water partition coefficient (Wildman–Crippen LogP) is 3.47. The van der Waals surface area contributed by atoms with Crippen LogP contribution < -0.4 is 21.7 Å². The lowest BCUT2D eigenvalue weighted by atomic mass is 9.98. The Labute approximate surface area is 152 Å². The molecule has 1 saturated heterocycles. The fourth-order valence-corrected chi connectivity index (χ4v) is 3.25. The summed E-state index contributed by atoms with van der Waals surface area (Å²) in [6.45, 7) is 3.48. The van der Waals surface area contributed by atoms with E-state index in [0.717, 1.165) is 49.4 Å². The van der Waals surface area contributed by atoms with Crippen LogP contribution in [0.4, 0.5) is 21.6 Å². The SMILES string of the molecule is Nc1c(-c2ccc(F)c(NCC3CCNCC3)c2)c[nH]c1NCCCl. The number of aromatic amines is 1. The summed E-state index contributed by atoms with van der Waals surface area (Å²) in [5, 5.41) is 9.75. The monoisotopic (exact) mass is 365 g/mol. The number of halogens is 2. The van der Waals surface area contributed by atoms with E-state index in [2.05, 4.69) is 20.9 Å². The third kappa shape index (κ3) is 4.38. The van der Waals surface area contributed by atoms with Crippen molar-refractivity contribution in [1.29, 1.82) is 0 Å². The van der Waals surface area contributed by atoms with Gasteiger partial charge in [-0.1, -0.05) is 6.07 Å². The number of alkyl halides is 1. The van der Waals surface area contributed by atoms with Crippen LogP contribution >= 0.6 is 11.6 Å². The van der Waals surface area contributed by atoms with Crippen molar-refractivity contribution < 1.29 is 4.39 Å². The highest BCUT2D eigenvalue weighted by Crippen LogP contribution is 2.33. The van der Waals surface area contributed by atoms with Crippen LogP contribution in [0.15, 0.2) is 24.4 Å². The summed E-state index contributed by atoms with van der Waals surface area (Å²) in [5.41, 5.74) is 9.06. The van der Waals surface area contributed by atoms with Gasteiger partial charge in [-0.15, -0.1) is 11.6 Å². The number of anilines is 3. The minimum atomic E-state index is -0.243. The first kappa shape index (κ1) is 17.9. The van der Waals surface area contributed by atoms with Crippen molar-refractivity contribution in [2.45, 2.75) is 12.8 Å². The van der Waals surface area contributed by atoms with Gasteiger partial charge >= 0.3 is 0 Å². The topological polar surface area (TPSA) is 77.9 Å². The van der Waals surface area contributed by atoms with Crippen molar-refractivity contribution in [3.8, 4) is 11.1 Å². The van der Waals surface area contributed by atoms with E-state index in [1.54, 1.807) is 6.07 Å². The molecule has 0 atom stereocenters.